The normalized spacial score (nSPS) is 17.3. The fraction of sp³-hybridized carbons (Fsp3) is 0.217. The van der Waals surface area contributed by atoms with Crippen LogP contribution in [0.4, 0.5) is 16.3 Å². The molecule has 3 aromatic rings. The Balaban J connectivity index is 1.61. The van der Waals surface area contributed by atoms with E-state index in [9.17, 15) is 9.59 Å². The number of carbonyl (C=O) groups is 2. The zero-order valence-electron chi connectivity index (χ0n) is 17.1. The molecule has 3 amide bonds. The van der Waals surface area contributed by atoms with Crippen LogP contribution in [-0.4, -0.2) is 46.9 Å². The molecule has 2 heterocycles. The monoisotopic (exact) mass is 402 g/mol. The smallest absolute Gasteiger partial charge is 0.334 e. The molecule has 0 radical (unpaired) electrons. The van der Waals surface area contributed by atoms with Gasteiger partial charge in [-0.05, 0) is 12.5 Å². The second-order valence-electron chi connectivity index (χ2n) is 7.47. The third kappa shape index (κ3) is 3.67. The predicted octanol–water partition coefficient (Wildman–Crippen LogP) is 3.67. The zero-order chi connectivity index (χ0) is 21.1. The number of carbonyl (C=O) groups excluding carboxylic acids is 2. The number of aromatic nitrogens is 2. The number of hydrogen-bond acceptors (Lipinski definition) is 4. The second kappa shape index (κ2) is 8.04. The van der Waals surface area contributed by atoms with Gasteiger partial charge in [-0.3, -0.25) is 10.1 Å². The lowest BCUT2D eigenvalue weighted by molar-refractivity contribution is -0.131. The van der Waals surface area contributed by atoms with Crippen molar-refractivity contribution >= 4 is 23.4 Å². The molecule has 1 aliphatic heterocycles. The molecule has 4 rings (SSSR count). The number of fused-ring (bicyclic) bond motifs is 1. The Morgan fingerprint density at radius 3 is 2.40 bits per heavy atom. The first-order valence-electron chi connectivity index (χ1n) is 9.93. The van der Waals surface area contributed by atoms with E-state index in [0.29, 0.717) is 30.4 Å². The van der Waals surface area contributed by atoms with Gasteiger partial charge in [-0.25, -0.2) is 9.78 Å². The summed E-state index contributed by atoms with van der Waals surface area (Å²) in [5.74, 6) is 0.934. The molecule has 0 saturated carbocycles. The Morgan fingerprint density at radius 1 is 1.07 bits per heavy atom. The summed E-state index contributed by atoms with van der Waals surface area (Å²) in [7, 11) is 1.72. The van der Waals surface area contributed by atoms with Gasteiger partial charge in [0.15, 0.2) is 12.4 Å². The van der Waals surface area contributed by atoms with E-state index < -0.39 is 0 Å². The Morgan fingerprint density at radius 2 is 1.73 bits per heavy atom. The van der Waals surface area contributed by atoms with Crippen molar-refractivity contribution in [1.82, 2.24) is 19.4 Å². The Kier molecular flexibility index (Phi) is 5.29. The molecule has 0 bridgehead atoms. The first kappa shape index (κ1) is 19.7. The standard InChI is InChI=1S/C23H23N5O2/c1-3-27(15-17-10-6-4-7-11-17)20(29)16-28(2)22-19(25-23(28)30)14-24-21(26-22)18-12-8-5-9-13-18/h4-14H,3,15-16H2,1-2H3/p+1. The van der Waals surface area contributed by atoms with Crippen LogP contribution < -0.4 is 9.80 Å². The number of likely N-dealkylation sites (N-methyl/N-ethyl adjacent to an activating group) is 2. The minimum atomic E-state index is -0.284. The van der Waals surface area contributed by atoms with E-state index in [-0.39, 0.29) is 23.0 Å². The number of nitrogens with one attached hydrogen (secondary N) is 1. The van der Waals surface area contributed by atoms with E-state index in [2.05, 4.69) is 15.3 Å². The topological polar surface area (TPSA) is 75.2 Å². The number of benzene rings is 2. The molecule has 2 aromatic carbocycles. The van der Waals surface area contributed by atoms with Crippen LogP contribution in [0.3, 0.4) is 0 Å². The lowest BCUT2D eigenvalue weighted by Gasteiger charge is -2.27. The van der Waals surface area contributed by atoms with Crippen LogP contribution >= 0.6 is 0 Å². The van der Waals surface area contributed by atoms with Gasteiger partial charge in [0.25, 0.3) is 11.7 Å². The highest BCUT2D eigenvalue weighted by atomic mass is 16.2. The van der Waals surface area contributed by atoms with E-state index in [1.165, 1.54) is 0 Å². The number of rotatable bonds is 6. The van der Waals surface area contributed by atoms with Gasteiger partial charge in [0.2, 0.25) is 0 Å². The van der Waals surface area contributed by atoms with Crippen LogP contribution in [0.15, 0.2) is 66.9 Å². The van der Waals surface area contributed by atoms with E-state index in [1.807, 2.05) is 67.6 Å². The maximum absolute atomic E-state index is 13.1. The molecule has 0 aliphatic carbocycles. The molecule has 1 atom stereocenters. The fourth-order valence-electron chi connectivity index (χ4n) is 3.60. The number of amides is 3. The minimum absolute atomic E-state index is 0.00918. The van der Waals surface area contributed by atoms with Crippen molar-refractivity contribution < 1.29 is 9.59 Å². The summed E-state index contributed by atoms with van der Waals surface area (Å²) in [5.41, 5.74) is 2.45. The summed E-state index contributed by atoms with van der Waals surface area (Å²) in [4.78, 5) is 36.8. The van der Waals surface area contributed by atoms with Crippen molar-refractivity contribution in [3.8, 4) is 11.4 Å². The Hall–Kier alpha value is -3.58. The predicted molar refractivity (Wildman–Crippen MR) is 117 cm³/mol. The highest BCUT2D eigenvalue weighted by Gasteiger charge is 2.47. The van der Waals surface area contributed by atoms with Crippen molar-refractivity contribution in [3.05, 3.63) is 72.4 Å². The quantitative estimate of drug-likeness (QED) is 0.639. The highest BCUT2D eigenvalue weighted by molar-refractivity contribution is 6.08. The molecule has 7 nitrogen and oxygen atoms in total. The Bertz CT molecular complexity index is 1070. The van der Waals surface area contributed by atoms with Gasteiger partial charge in [0, 0.05) is 18.7 Å². The third-order valence-corrected chi connectivity index (χ3v) is 5.36. The summed E-state index contributed by atoms with van der Waals surface area (Å²) in [5, 5.41) is 2.82. The van der Waals surface area contributed by atoms with Crippen molar-refractivity contribution in [2.24, 2.45) is 0 Å². The molecular weight excluding hydrogens is 378 g/mol. The average molecular weight is 402 g/mol. The molecule has 1 N–H and O–H groups in total. The van der Waals surface area contributed by atoms with Crippen LogP contribution in [0.1, 0.15) is 12.5 Å². The lowest BCUT2D eigenvalue weighted by Crippen LogP contribution is -2.55. The van der Waals surface area contributed by atoms with Crippen LogP contribution in [-0.2, 0) is 11.3 Å². The Labute approximate surface area is 175 Å². The molecular formula is C23H24N5O2+. The van der Waals surface area contributed by atoms with Crippen LogP contribution in [0.2, 0.25) is 0 Å². The number of nitrogens with zero attached hydrogens (tertiary/aromatic N) is 4. The van der Waals surface area contributed by atoms with Gasteiger partial charge >= 0.3 is 6.03 Å². The van der Waals surface area contributed by atoms with E-state index >= 15 is 0 Å². The van der Waals surface area contributed by atoms with Crippen LogP contribution in [0.5, 0.6) is 0 Å². The number of quaternary nitrogens is 1. The van der Waals surface area contributed by atoms with Crippen molar-refractivity contribution in [2.45, 2.75) is 13.5 Å². The van der Waals surface area contributed by atoms with E-state index in [0.717, 1.165) is 11.1 Å². The largest absolute Gasteiger partial charge is 0.427 e. The minimum Gasteiger partial charge on any atom is -0.334 e. The van der Waals surface area contributed by atoms with Crippen molar-refractivity contribution in [3.63, 3.8) is 0 Å². The molecule has 1 unspecified atom stereocenters. The molecule has 30 heavy (non-hydrogen) atoms. The second-order valence-corrected chi connectivity index (χ2v) is 7.47. The van der Waals surface area contributed by atoms with Gasteiger partial charge in [0.1, 0.15) is 5.69 Å². The molecule has 0 spiro atoms. The number of hydrogen-bond donors (Lipinski definition) is 1. The third-order valence-electron chi connectivity index (χ3n) is 5.36. The first-order valence-corrected chi connectivity index (χ1v) is 9.93. The first-order chi connectivity index (χ1) is 14.5. The summed E-state index contributed by atoms with van der Waals surface area (Å²) < 4.78 is -0.234. The van der Waals surface area contributed by atoms with Crippen LogP contribution in [0, 0.1) is 0 Å². The molecule has 0 fully saturated rings. The van der Waals surface area contributed by atoms with Crippen LogP contribution in [0.25, 0.3) is 11.4 Å². The SMILES string of the molecule is CCN(Cc1ccccc1)C(=O)C[N+]1(C)C(=O)Nc2cnc(-c3ccccc3)nc21. The van der Waals surface area contributed by atoms with E-state index in [1.54, 1.807) is 18.1 Å². The van der Waals surface area contributed by atoms with Gasteiger partial charge in [-0.2, -0.15) is 9.47 Å². The summed E-state index contributed by atoms with van der Waals surface area (Å²) in [6.45, 7) is 2.99. The number of anilines is 1. The maximum atomic E-state index is 13.1. The summed E-state index contributed by atoms with van der Waals surface area (Å²) in [6, 6.07) is 19.1. The van der Waals surface area contributed by atoms with Gasteiger partial charge < -0.3 is 4.90 Å². The molecule has 7 heteroatoms. The zero-order valence-corrected chi connectivity index (χ0v) is 17.1. The van der Waals surface area contributed by atoms with E-state index in [4.69, 9.17) is 0 Å². The number of urea groups is 1. The molecule has 1 aliphatic rings. The maximum Gasteiger partial charge on any atom is 0.427 e. The molecule has 1 aromatic heterocycles. The molecule has 0 saturated heterocycles. The van der Waals surface area contributed by atoms with Crippen molar-refractivity contribution in [2.75, 3.05) is 25.5 Å². The average Bonchev–Trinajstić information content (AvgIpc) is 3.02. The molecule has 152 valence electrons. The van der Waals surface area contributed by atoms with Gasteiger partial charge in [-0.15, -0.1) is 0 Å². The highest BCUT2D eigenvalue weighted by Crippen LogP contribution is 2.36. The van der Waals surface area contributed by atoms with Gasteiger partial charge in [-0.1, -0.05) is 60.7 Å². The van der Waals surface area contributed by atoms with Crippen molar-refractivity contribution in [1.29, 1.82) is 0 Å². The fourth-order valence-corrected chi connectivity index (χ4v) is 3.60. The van der Waals surface area contributed by atoms with Gasteiger partial charge in [0.05, 0.1) is 13.2 Å². The lowest BCUT2D eigenvalue weighted by atomic mass is 10.2. The summed E-state index contributed by atoms with van der Waals surface area (Å²) in [6.07, 6.45) is 1.61. The summed E-state index contributed by atoms with van der Waals surface area (Å²) >= 11 is 0.